The van der Waals surface area contributed by atoms with Gasteiger partial charge in [-0.05, 0) is 12.5 Å². The van der Waals surface area contributed by atoms with Crippen LogP contribution < -0.4 is 0 Å². The van der Waals surface area contributed by atoms with E-state index in [0.717, 1.165) is 25.3 Å². The average Bonchev–Trinajstić information content (AvgIpc) is 2.47. The Morgan fingerprint density at radius 1 is 1.19 bits per heavy atom. The molecule has 0 aromatic heterocycles. The van der Waals surface area contributed by atoms with Crippen molar-refractivity contribution < 1.29 is 13.6 Å². The van der Waals surface area contributed by atoms with E-state index >= 15 is 0 Å². The lowest BCUT2D eigenvalue weighted by molar-refractivity contribution is -0.129. The van der Waals surface area contributed by atoms with E-state index in [1.165, 1.54) is 25.0 Å². The molecule has 0 bridgehead atoms. The van der Waals surface area contributed by atoms with Crippen LogP contribution in [0.15, 0.2) is 18.2 Å². The molecule has 5 heteroatoms. The van der Waals surface area contributed by atoms with Crippen molar-refractivity contribution in [1.82, 2.24) is 4.90 Å². The van der Waals surface area contributed by atoms with Gasteiger partial charge in [-0.3, -0.25) is 4.79 Å². The summed E-state index contributed by atoms with van der Waals surface area (Å²) in [6, 6.07) is 3.47. The summed E-state index contributed by atoms with van der Waals surface area (Å²) in [5.41, 5.74) is 0.347. The summed E-state index contributed by atoms with van der Waals surface area (Å²) in [5, 5.41) is 0.213. The van der Waals surface area contributed by atoms with Gasteiger partial charge in [-0.1, -0.05) is 54.6 Å². The summed E-state index contributed by atoms with van der Waals surface area (Å²) in [5.74, 6) is -1.28. The standard InChI is InChI=1S/C16H22BrF2NO/c1-2-3-4-5-6-9-20(16(21)11-17)12-13-7-8-14(18)10-15(13)19/h7-8,10H,2-6,9,11-12H2,1H3. The fourth-order valence-electron chi connectivity index (χ4n) is 2.14. The van der Waals surface area contributed by atoms with Crippen LogP contribution in [0.2, 0.25) is 0 Å². The van der Waals surface area contributed by atoms with E-state index < -0.39 is 11.6 Å². The molecule has 0 N–H and O–H groups in total. The van der Waals surface area contributed by atoms with Crippen LogP contribution in [0, 0.1) is 11.6 Å². The van der Waals surface area contributed by atoms with Crippen LogP contribution in [-0.4, -0.2) is 22.7 Å². The predicted molar refractivity (Wildman–Crippen MR) is 84.3 cm³/mol. The number of unbranched alkanes of at least 4 members (excludes halogenated alkanes) is 4. The molecule has 0 unspecified atom stereocenters. The highest BCUT2D eigenvalue weighted by atomic mass is 79.9. The SMILES string of the molecule is CCCCCCCN(Cc1ccc(F)cc1F)C(=O)CBr. The Bertz CT molecular complexity index is 454. The van der Waals surface area contributed by atoms with Gasteiger partial charge in [0.05, 0.1) is 5.33 Å². The molecular formula is C16H22BrF2NO. The molecule has 0 radical (unpaired) electrons. The molecule has 118 valence electrons. The van der Waals surface area contributed by atoms with Crippen LogP contribution >= 0.6 is 15.9 Å². The van der Waals surface area contributed by atoms with Gasteiger partial charge in [0.15, 0.2) is 0 Å². The summed E-state index contributed by atoms with van der Waals surface area (Å²) in [7, 11) is 0. The Morgan fingerprint density at radius 2 is 1.90 bits per heavy atom. The summed E-state index contributed by atoms with van der Waals surface area (Å²) in [4.78, 5) is 13.5. The van der Waals surface area contributed by atoms with Crippen molar-refractivity contribution in [2.45, 2.75) is 45.6 Å². The third-order valence-corrected chi connectivity index (χ3v) is 3.85. The molecule has 0 saturated carbocycles. The zero-order valence-corrected chi connectivity index (χ0v) is 14.0. The van der Waals surface area contributed by atoms with E-state index in [1.807, 2.05) is 0 Å². The normalized spacial score (nSPS) is 10.7. The van der Waals surface area contributed by atoms with E-state index in [1.54, 1.807) is 4.90 Å². The molecule has 0 aliphatic rings. The minimum atomic E-state index is -0.603. The Balaban J connectivity index is 2.59. The maximum absolute atomic E-state index is 13.7. The highest BCUT2D eigenvalue weighted by Gasteiger charge is 2.14. The van der Waals surface area contributed by atoms with Gasteiger partial charge in [0.2, 0.25) is 5.91 Å². The molecule has 1 amide bonds. The van der Waals surface area contributed by atoms with Crippen molar-refractivity contribution >= 4 is 21.8 Å². The lowest BCUT2D eigenvalue weighted by Crippen LogP contribution is -2.32. The molecule has 2 nitrogen and oxygen atoms in total. The highest BCUT2D eigenvalue weighted by Crippen LogP contribution is 2.14. The molecule has 0 aliphatic heterocycles. The Kier molecular flexibility index (Phi) is 8.50. The van der Waals surface area contributed by atoms with Crippen molar-refractivity contribution in [3.05, 3.63) is 35.4 Å². The highest BCUT2D eigenvalue weighted by molar-refractivity contribution is 9.09. The number of carbonyl (C=O) groups is 1. The molecule has 0 atom stereocenters. The molecule has 21 heavy (non-hydrogen) atoms. The van der Waals surface area contributed by atoms with Crippen molar-refractivity contribution in [1.29, 1.82) is 0 Å². The summed E-state index contributed by atoms with van der Waals surface area (Å²) < 4.78 is 26.6. The number of alkyl halides is 1. The lowest BCUT2D eigenvalue weighted by Gasteiger charge is -2.22. The minimum absolute atomic E-state index is 0.0748. The Labute approximate surface area is 133 Å². The van der Waals surface area contributed by atoms with Gasteiger partial charge in [0.1, 0.15) is 11.6 Å². The first-order valence-electron chi connectivity index (χ1n) is 7.36. The molecule has 0 fully saturated rings. The largest absolute Gasteiger partial charge is 0.338 e. The van der Waals surface area contributed by atoms with E-state index in [0.29, 0.717) is 12.1 Å². The number of carbonyl (C=O) groups excluding carboxylic acids is 1. The first-order chi connectivity index (χ1) is 10.1. The second kappa shape index (κ2) is 9.87. The number of hydrogen-bond acceptors (Lipinski definition) is 1. The first-order valence-corrected chi connectivity index (χ1v) is 8.48. The number of nitrogens with zero attached hydrogens (tertiary/aromatic N) is 1. The molecule has 0 saturated heterocycles. The molecule has 1 rings (SSSR count). The molecule has 0 heterocycles. The van der Waals surface area contributed by atoms with Gasteiger partial charge < -0.3 is 4.90 Å². The fraction of sp³-hybridized carbons (Fsp3) is 0.562. The summed E-state index contributed by atoms with van der Waals surface area (Å²) in [6.45, 7) is 2.94. The fourth-order valence-corrected chi connectivity index (χ4v) is 2.49. The predicted octanol–water partition coefficient (Wildman–Crippen LogP) is 4.66. The zero-order valence-electron chi connectivity index (χ0n) is 12.4. The minimum Gasteiger partial charge on any atom is -0.338 e. The van der Waals surface area contributed by atoms with Crippen molar-refractivity contribution in [2.24, 2.45) is 0 Å². The number of rotatable bonds is 9. The zero-order chi connectivity index (χ0) is 15.7. The van der Waals surface area contributed by atoms with Crippen LogP contribution in [0.25, 0.3) is 0 Å². The molecule has 0 spiro atoms. The van der Waals surface area contributed by atoms with Gasteiger partial charge in [0.25, 0.3) is 0 Å². The lowest BCUT2D eigenvalue weighted by atomic mass is 10.1. The van der Waals surface area contributed by atoms with E-state index in [9.17, 15) is 13.6 Å². The van der Waals surface area contributed by atoms with E-state index in [2.05, 4.69) is 22.9 Å². The molecule has 1 aromatic carbocycles. The first kappa shape index (κ1) is 18.1. The monoisotopic (exact) mass is 361 g/mol. The summed E-state index contributed by atoms with van der Waals surface area (Å²) >= 11 is 3.15. The van der Waals surface area contributed by atoms with Crippen molar-refractivity contribution in [3.8, 4) is 0 Å². The molecular weight excluding hydrogens is 340 g/mol. The quantitative estimate of drug-likeness (QED) is 0.462. The van der Waals surface area contributed by atoms with Crippen LogP contribution in [0.4, 0.5) is 8.78 Å². The van der Waals surface area contributed by atoms with Crippen LogP contribution in [-0.2, 0) is 11.3 Å². The van der Waals surface area contributed by atoms with Gasteiger partial charge in [-0.2, -0.15) is 0 Å². The second-order valence-corrected chi connectivity index (χ2v) is 5.66. The van der Waals surface area contributed by atoms with E-state index in [4.69, 9.17) is 0 Å². The van der Waals surface area contributed by atoms with Crippen LogP contribution in [0.5, 0.6) is 0 Å². The Hall–Kier alpha value is -0.970. The van der Waals surface area contributed by atoms with Crippen LogP contribution in [0.1, 0.15) is 44.6 Å². The number of amides is 1. The van der Waals surface area contributed by atoms with Crippen molar-refractivity contribution in [2.75, 3.05) is 11.9 Å². The van der Waals surface area contributed by atoms with Gasteiger partial charge in [-0.25, -0.2) is 8.78 Å². The second-order valence-electron chi connectivity index (χ2n) is 5.10. The topological polar surface area (TPSA) is 20.3 Å². The third kappa shape index (κ3) is 6.55. The van der Waals surface area contributed by atoms with Crippen molar-refractivity contribution in [3.63, 3.8) is 0 Å². The molecule has 1 aromatic rings. The van der Waals surface area contributed by atoms with Gasteiger partial charge in [0, 0.05) is 24.7 Å². The third-order valence-electron chi connectivity index (χ3n) is 3.37. The van der Waals surface area contributed by atoms with Crippen LogP contribution in [0.3, 0.4) is 0 Å². The number of benzene rings is 1. The number of hydrogen-bond donors (Lipinski definition) is 0. The molecule has 0 aliphatic carbocycles. The maximum atomic E-state index is 13.7. The van der Waals surface area contributed by atoms with E-state index in [-0.39, 0.29) is 17.8 Å². The van der Waals surface area contributed by atoms with Gasteiger partial charge in [-0.15, -0.1) is 0 Å². The summed E-state index contributed by atoms with van der Waals surface area (Å²) in [6.07, 6.45) is 5.48. The number of halogens is 3. The van der Waals surface area contributed by atoms with Gasteiger partial charge >= 0.3 is 0 Å². The smallest absolute Gasteiger partial charge is 0.233 e. The Morgan fingerprint density at radius 3 is 2.52 bits per heavy atom. The average molecular weight is 362 g/mol. The maximum Gasteiger partial charge on any atom is 0.233 e.